The Morgan fingerprint density at radius 2 is 1.92 bits per heavy atom. The highest BCUT2D eigenvalue weighted by molar-refractivity contribution is 6.45. The fourth-order valence-corrected chi connectivity index (χ4v) is 3.12. The molecule has 0 saturated carbocycles. The zero-order valence-electron chi connectivity index (χ0n) is 14.3. The Labute approximate surface area is 146 Å². The molecular weight excluding hydrogens is 321 g/mol. The average molecular weight is 341 g/mol. The highest BCUT2D eigenvalue weighted by atomic mass is 16.6. The van der Waals surface area contributed by atoms with Crippen molar-refractivity contribution < 1.29 is 19.5 Å². The van der Waals surface area contributed by atoms with Crippen LogP contribution < -0.4 is 0 Å². The molecule has 0 aromatic heterocycles. The summed E-state index contributed by atoms with van der Waals surface area (Å²) in [5, 5.41) is 13.8. The maximum absolute atomic E-state index is 12.4. The van der Waals surface area contributed by atoms with E-state index in [0.29, 0.717) is 36.3 Å². The minimum Gasteiger partial charge on any atom is -0.437 e. The van der Waals surface area contributed by atoms with Gasteiger partial charge in [0.1, 0.15) is 7.11 Å². The summed E-state index contributed by atoms with van der Waals surface area (Å²) in [6.07, 6.45) is 2.51. The van der Waals surface area contributed by atoms with Gasteiger partial charge in [0.25, 0.3) is 11.8 Å². The minimum atomic E-state index is -0.570. The number of benzene rings is 1. The van der Waals surface area contributed by atoms with Crippen molar-refractivity contribution in [2.75, 3.05) is 26.7 Å². The van der Waals surface area contributed by atoms with Gasteiger partial charge >= 0.3 is 7.05 Å². The molecule has 0 aliphatic carbocycles. The van der Waals surface area contributed by atoms with Crippen LogP contribution in [0.25, 0.3) is 0 Å². The van der Waals surface area contributed by atoms with Crippen LogP contribution >= 0.6 is 0 Å². The highest BCUT2D eigenvalue weighted by Gasteiger charge is 2.34. The highest BCUT2D eigenvalue weighted by Crippen LogP contribution is 2.23. The van der Waals surface area contributed by atoms with E-state index < -0.39 is 7.05 Å². The zero-order chi connectivity index (χ0) is 18.0. The number of carbonyl (C=O) groups is 2. The molecule has 3 rings (SSSR count). The van der Waals surface area contributed by atoms with Gasteiger partial charge in [0, 0.05) is 13.1 Å². The number of rotatable bonds is 4. The van der Waals surface area contributed by atoms with Gasteiger partial charge in [0.15, 0.2) is 0 Å². The normalized spacial score (nSPS) is 21.2. The molecule has 0 bridgehead atoms. The van der Waals surface area contributed by atoms with Gasteiger partial charge in [-0.25, -0.2) is 0 Å². The zero-order valence-corrected chi connectivity index (χ0v) is 14.3. The molecule has 8 heteroatoms. The van der Waals surface area contributed by atoms with Crippen LogP contribution in [0.15, 0.2) is 41.1 Å². The number of fused-ring (bicyclic) bond motifs is 1. The van der Waals surface area contributed by atoms with E-state index in [-0.39, 0.29) is 18.4 Å². The SMILES string of the molecule is CON=C1CN(B(C)O)CCC1=CCN1C(=O)c2ccccc2C1=O. The monoisotopic (exact) mass is 341 g/mol. The summed E-state index contributed by atoms with van der Waals surface area (Å²) in [5.74, 6) is -0.548. The first-order chi connectivity index (χ1) is 12.0. The topological polar surface area (TPSA) is 82.4 Å². The molecule has 0 radical (unpaired) electrons. The van der Waals surface area contributed by atoms with Crippen molar-refractivity contribution in [1.82, 2.24) is 9.71 Å². The lowest BCUT2D eigenvalue weighted by Gasteiger charge is -2.30. The number of hydrogen-bond donors (Lipinski definition) is 1. The lowest BCUT2D eigenvalue weighted by Crippen LogP contribution is -2.45. The summed E-state index contributed by atoms with van der Waals surface area (Å²) in [7, 11) is 0.899. The number of hydrogen-bond acceptors (Lipinski definition) is 6. The minimum absolute atomic E-state index is 0.194. The molecule has 1 aromatic rings. The maximum Gasteiger partial charge on any atom is 0.376 e. The Kier molecular flexibility index (Phi) is 5.01. The first-order valence-electron chi connectivity index (χ1n) is 8.19. The fourth-order valence-electron chi connectivity index (χ4n) is 3.12. The molecule has 2 amide bonds. The molecule has 0 unspecified atom stereocenters. The Morgan fingerprint density at radius 3 is 2.48 bits per heavy atom. The third-order valence-corrected chi connectivity index (χ3v) is 4.52. The molecule has 1 aromatic carbocycles. The van der Waals surface area contributed by atoms with Crippen molar-refractivity contribution in [2.24, 2.45) is 5.16 Å². The van der Waals surface area contributed by atoms with Crippen LogP contribution in [-0.2, 0) is 4.84 Å². The van der Waals surface area contributed by atoms with Crippen LogP contribution in [0, 0.1) is 0 Å². The Hall–Kier alpha value is -2.45. The Bertz CT molecular complexity index is 725. The predicted molar refractivity (Wildman–Crippen MR) is 94.4 cm³/mol. The number of nitrogens with zero attached hydrogens (tertiary/aromatic N) is 3. The smallest absolute Gasteiger partial charge is 0.376 e. The second-order valence-corrected chi connectivity index (χ2v) is 6.07. The van der Waals surface area contributed by atoms with Crippen LogP contribution in [0.5, 0.6) is 0 Å². The molecule has 7 nitrogen and oxygen atoms in total. The van der Waals surface area contributed by atoms with Gasteiger partial charge in [-0.05, 0) is 37.5 Å². The van der Waals surface area contributed by atoms with Crippen LogP contribution in [0.3, 0.4) is 0 Å². The van der Waals surface area contributed by atoms with Crippen molar-refractivity contribution in [2.45, 2.75) is 13.2 Å². The number of imide groups is 1. The van der Waals surface area contributed by atoms with E-state index in [1.165, 1.54) is 12.0 Å². The number of piperidine rings is 1. The van der Waals surface area contributed by atoms with E-state index >= 15 is 0 Å². The van der Waals surface area contributed by atoms with Crippen LogP contribution in [0.1, 0.15) is 27.1 Å². The average Bonchev–Trinajstić information content (AvgIpc) is 2.85. The predicted octanol–water partition coefficient (Wildman–Crippen LogP) is 1.03. The number of oxime groups is 1. The lowest BCUT2D eigenvalue weighted by molar-refractivity contribution is 0.0672. The lowest BCUT2D eigenvalue weighted by atomic mass is 9.81. The first kappa shape index (κ1) is 17.4. The van der Waals surface area contributed by atoms with E-state index in [1.54, 1.807) is 31.1 Å². The second-order valence-electron chi connectivity index (χ2n) is 6.07. The molecule has 25 heavy (non-hydrogen) atoms. The largest absolute Gasteiger partial charge is 0.437 e. The van der Waals surface area contributed by atoms with Gasteiger partial charge in [0.05, 0.1) is 16.8 Å². The molecule has 1 saturated heterocycles. The van der Waals surface area contributed by atoms with Gasteiger partial charge in [-0.2, -0.15) is 0 Å². The van der Waals surface area contributed by atoms with E-state index in [0.717, 1.165) is 5.57 Å². The van der Waals surface area contributed by atoms with Crippen molar-refractivity contribution in [1.29, 1.82) is 0 Å². The van der Waals surface area contributed by atoms with Crippen molar-refractivity contribution in [3.8, 4) is 0 Å². The van der Waals surface area contributed by atoms with Crippen LogP contribution in [0.2, 0.25) is 6.82 Å². The summed E-state index contributed by atoms with van der Waals surface area (Å²) in [5.41, 5.74) is 2.52. The van der Waals surface area contributed by atoms with Crippen LogP contribution in [0.4, 0.5) is 0 Å². The summed E-state index contributed by atoms with van der Waals surface area (Å²) >= 11 is 0. The molecule has 1 N–H and O–H groups in total. The molecule has 0 spiro atoms. The quantitative estimate of drug-likeness (QED) is 0.502. The van der Waals surface area contributed by atoms with Gasteiger partial charge in [0.2, 0.25) is 0 Å². The molecular formula is C17H20BN3O4. The fraction of sp³-hybridized carbons (Fsp3) is 0.353. The molecule has 2 aliphatic rings. The molecule has 0 atom stereocenters. The van der Waals surface area contributed by atoms with Crippen molar-refractivity contribution >= 4 is 24.6 Å². The number of carbonyl (C=O) groups excluding carboxylic acids is 2. The third kappa shape index (κ3) is 3.36. The maximum atomic E-state index is 12.4. The number of amides is 2. The van der Waals surface area contributed by atoms with Gasteiger partial charge < -0.3 is 14.7 Å². The van der Waals surface area contributed by atoms with Crippen molar-refractivity contribution in [3.63, 3.8) is 0 Å². The molecule has 1 fully saturated rings. The summed E-state index contributed by atoms with van der Waals surface area (Å²) in [6.45, 7) is 3.03. The Balaban J connectivity index is 1.77. The summed E-state index contributed by atoms with van der Waals surface area (Å²) < 4.78 is 0. The first-order valence-corrected chi connectivity index (χ1v) is 8.19. The third-order valence-electron chi connectivity index (χ3n) is 4.52. The Morgan fingerprint density at radius 1 is 1.28 bits per heavy atom. The van der Waals surface area contributed by atoms with E-state index in [2.05, 4.69) is 5.16 Å². The molecule has 2 aliphatic heterocycles. The van der Waals surface area contributed by atoms with Crippen molar-refractivity contribution in [3.05, 3.63) is 47.0 Å². The second kappa shape index (κ2) is 7.20. The standard InChI is InChI=1S/C17H20BN3O4/c1-18(24)20-9-7-12(15(11-20)19-25-2)8-10-21-16(22)13-5-3-4-6-14(13)17(21)23/h3-6,8,24H,7,9-11H2,1-2H3. The van der Waals surface area contributed by atoms with Gasteiger partial charge in [-0.1, -0.05) is 23.4 Å². The van der Waals surface area contributed by atoms with E-state index in [1.807, 2.05) is 10.9 Å². The molecule has 2 heterocycles. The van der Waals surface area contributed by atoms with Gasteiger partial charge in [-0.15, -0.1) is 0 Å². The molecule has 130 valence electrons. The summed E-state index contributed by atoms with van der Waals surface area (Å²) in [6, 6.07) is 6.84. The van der Waals surface area contributed by atoms with E-state index in [9.17, 15) is 14.6 Å². The van der Waals surface area contributed by atoms with Crippen LogP contribution in [-0.4, -0.2) is 66.1 Å². The van der Waals surface area contributed by atoms with E-state index in [4.69, 9.17) is 4.84 Å². The van der Waals surface area contributed by atoms with Gasteiger partial charge in [-0.3, -0.25) is 14.5 Å². The summed E-state index contributed by atoms with van der Waals surface area (Å²) in [4.78, 5) is 32.8.